The van der Waals surface area contributed by atoms with Crippen LogP contribution in [0, 0.1) is 0 Å². The lowest BCUT2D eigenvalue weighted by atomic mass is 9.95. The molecule has 24 nitrogen and oxygen atoms in total. The Morgan fingerprint density at radius 2 is 1.37 bits per heavy atom. The van der Waals surface area contributed by atoms with Crippen LogP contribution >= 0.6 is 23.2 Å². The van der Waals surface area contributed by atoms with Gasteiger partial charge in [-0.3, -0.25) is 38.7 Å². The van der Waals surface area contributed by atoms with Crippen LogP contribution in [0.3, 0.4) is 0 Å². The van der Waals surface area contributed by atoms with Gasteiger partial charge >= 0.3 is 18.0 Å². The monoisotopic (exact) mass is 1180 g/mol. The molecule has 26 heteroatoms. The molecule has 0 aliphatic carbocycles. The van der Waals surface area contributed by atoms with Gasteiger partial charge in [-0.1, -0.05) is 42.3 Å². The molecule has 4 aromatic rings. The highest BCUT2D eigenvalue weighted by Gasteiger charge is 2.39. The number of aliphatic hydroxyl groups is 2. The molecule has 2 fully saturated rings. The molecule has 446 valence electrons. The lowest BCUT2D eigenvalue weighted by molar-refractivity contribution is -0.140. The lowest BCUT2D eigenvalue weighted by Crippen LogP contribution is -2.55. The van der Waals surface area contributed by atoms with Crippen LogP contribution in [0.25, 0.3) is 28.1 Å². The van der Waals surface area contributed by atoms with Crippen molar-refractivity contribution in [2.24, 2.45) is 0 Å². The molecule has 4 heterocycles. The zero-order valence-electron chi connectivity index (χ0n) is 46.8. The third kappa shape index (κ3) is 17.7. The van der Waals surface area contributed by atoms with Gasteiger partial charge in [0.05, 0.1) is 75.5 Å². The van der Waals surface area contributed by atoms with Crippen LogP contribution in [0.5, 0.6) is 11.5 Å². The van der Waals surface area contributed by atoms with E-state index in [4.69, 9.17) is 42.5 Å². The Kier molecular flexibility index (Phi) is 22.7. The van der Waals surface area contributed by atoms with E-state index < -0.39 is 41.6 Å². The third-order valence-electron chi connectivity index (χ3n) is 14.5. The number of morpholine rings is 1. The Bertz CT molecular complexity index is 2890. The number of fused-ring (bicyclic) bond motifs is 3. The first-order valence-corrected chi connectivity index (χ1v) is 28.2. The number of hydrogen-bond acceptors (Lipinski definition) is 16. The minimum Gasteiger partial charge on any atom is -0.496 e. The van der Waals surface area contributed by atoms with Gasteiger partial charge in [0.1, 0.15) is 18.1 Å². The number of nitrogens with one attached hydrogen (secondary N) is 4. The Morgan fingerprint density at radius 3 is 1.99 bits per heavy atom. The minimum absolute atomic E-state index is 0.0382. The van der Waals surface area contributed by atoms with Gasteiger partial charge < -0.3 is 65.7 Å². The number of aliphatic carboxylic acids is 2. The molecule has 2 unspecified atom stereocenters. The van der Waals surface area contributed by atoms with Crippen molar-refractivity contribution in [1.82, 2.24) is 50.2 Å². The fraction of sp³-hybridized carbons (Fsp3) is 0.518. The number of amides is 5. The normalized spacial score (nSPS) is 17.1. The lowest BCUT2D eigenvalue weighted by Gasteiger charge is -2.41. The summed E-state index contributed by atoms with van der Waals surface area (Å²) in [7, 11) is 1.54. The highest BCUT2D eigenvalue weighted by molar-refractivity contribution is 6.34. The second-order valence-corrected chi connectivity index (χ2v) is 22.0. The van der Waals surface area contributed by atoms with E-state index in [-0.39, 0.29) is 82.6 Å². The molecule has 8 N–H and O–H groups in total. The van der Waals surface area contributed by atoms with Crippen LogP contribution in [-0.4, -0.2) is 233 Å². The number of carbonyl (C=O) groups is 6. The summed E-state index contributed by atoms with van der Waals surface area (Å²) in [6.45, 7) is 11.4. The number of hydrogen-bond donors (Lipinski definition) is 8. The van der Waals surface area contributed by atoms with Crippen molar-refractivity contribution in [1.29, 1.82) is 0 Å². The van der Waals surface area contributed by atoms with Crippen LogP contribution < -0.4 is 30.7 Å². The van der Waals surface area contributed by atoms with Crippen molar-refractivity contribution in [2.75, 3.05) is 130 Å². The molecule has 7 rings (SSSR count). The van der Waals surface area contributed by atoms with Crippen molar-refractivity contribution in [3.8, 4) is 39.6 Å². The topological polar surface area (TPSA) is 293 Å². The molecule has 3 aliphatic heterocycles. The molecule has 3 aliphatic rings. The van der Waals surface area contributed by atoms with Gasteiger partial charge in [0.15, 0.2) is 5.69 Å². The number of carbonyl (C=O) groups excluding carboxylic acids is 4. The van der Waals surface area contributed by atoms with Crippen LogP contribution in [0.15, 0.2) is 54.6 Å². The average molecular weight is 1180 g/mol. The summed E-state index contributed by atoms with van der Waals surface area (Å²) < 4.78 is 19.6. The summed E-state index contributed by atoms with van der Waals surface area (Å²) in [5.74, 6) is -2.03. The number of urea groups is 1. The van der Waals surface area contributed by atoms with Gasteiger partial charge in [-0.15, -0.1) is 0 Å². The van der Waals surface area contributed by atoms with Crippen molar-refractivity contribution < 1.29 is 63.4 Å². The Labute approximate surface area is 486 Å². The van der Waals surface area contributed by atoms with Crippen molar-refractivity contribution >= 4 is 64.6 Å². The molecule has 0 radical (unpaired) electrons. The standard InChI is InChI=1S/C56H75Cl2N11O13/c1-5-64-13-15-65(17-18-67(33-51(76)77)20-19-66(16-14-64)32-50(74)75)31-49(73)59-10-9-41(70)27-42(71)28-48(72)60-11-12-61-55(79)62-39-8-6-7-36(23-39)43-29-44-47(30-46(43)80-4)82-34-45-52(54(78)68-21-22-81-35-56(68,2)3)63-69(53(44)45)40-25-37(57)24-38(58)26-40/h6-8,23-26,29-30,41-42,70-71H,5,9-22,27-28,31-35H2,1-4H3,(H,59,73)(H,60,72)(H,74,75)(H,76,77)(H2,61,62,79). The van der Waals surface area contributed by atoms with Crippen molar-refractivity contribution in [3.05, 3.63) is 75.9 Å². The molecule has 0 saturated carbocycles. The number of benzene rings is 3. The summed E-state index contributed by atoms with van der Waals surface area (Å²) >= 11 is 13.0. The van der Waals surface area contributed by atoms with Gasteiger partial charge in [-0.05, 0) is 75.2 Å². The van der Waals surface area contributed by atoms with E-state index >= 15 is 0 Å². The summed E-state index contributed by atoms with van der Waals surface area (Å²) in [6, 6.07) is 15.3. The summed E-state index contributed by atoms with van der Waals surface area (Å²) in [5, 5.41) is 56.8. The number of carboxylic acids is 2. The SMILES string of the molecule is CCN1CCN(CC(=O)O)CCN(CC(=O)O)CCN(CC(=O)NCCC(O)CC(O)CC(=O)NCCNC(=O)Nc2cccc(-c3cc4c(cc3OC)OCc3c(C(=O)N5CCOCC5(C)C)nn(-c5cc(Cl)cc(Cl)c5)c3-4)c2)CC1. The van der Waals surface area contributed by atoms with Gasteiger partial charge in [-0.25, -0.2) is 9.48 Å². The third-order valence-corrected chi connectivity index (χ3v) is 14.9. The molecule has 2 saturated heterocycles. The van der Waals surface area contributed by atoms with Crippen molar-refractivity contribution in [2.45, 2.75) is 64.4 Å². The fourth-order valence-corrected chi connectivity index (χ4v) is 10.7. The minimum atomic E-state index is -1.18. The Balaban J connectivity index is 0.880. The first-order chi connectivity index (χ1) is 39.2. The molecular weight excluding hydrogens is 1110 g/mol. The molecule has 3 aromatic carbocycles. The number of anilines is 1. The first-order valence-electron chi connectivity index (χ1n) is 27.4. The molecule has 82 heavy (non-hydrogen) atoms. The van der Waals surface area contributed by atoms with Crippen LogP contribution in [0.2, 0.25) is 10.0 Å². The summed E-state index contributed by atoms with van der Waals surface area (Å²) in [5.41, 5.74) is 3.74. The molecule has 1 aromatic heterocycles. The van der Waals surface area contributed by atoms with Gasteiger partial charge in [-0.2, -0.15) is 5.10 Å². The molecule has 0 bridgehead atoms. The van der Waals surface area contributed by atoms with Crippen LogP contribution in [-0.2, 0) is 30.5 Å². The maximum atomic E-state index is 14.4. The number of methoxy groups -OCH3 is 1. The van der Waals surface area contributed by atoms with Crippen LogP contribution in [0.1, 0.15) is 56.1 Å². The quantitative estimate of drug-likeness (QED) is 0.0524. The highest BCUT2D eigenvalue weighted by atomic mass is 35.5. The van der Waals surface area contributed by atoms with Crippen LogP contribution in [0.4, 0.5) is 10.5 Å². The molecule has 5 amide bonds. The number of likely N-dealkylation sites (N-methyl/N-ethyl adjacent to an activating group) is 1. The largest absolute Gasteiger partial charge is 0.496 e. The van der Waals surface area contributed by atoms with E-state index in [9.17, 15) is 49.2 Å². The second-order valence-electron chi connectivity index (χ2n) is 21.1. The fourth-order valence-electron chi connectivity index (χ4n) is 10.2. The number of carboxylic acid groups (broad SMARTS) is 2. The molecule has 0 spiro atoms. The van der Waals surface area contributed by atoms with E-state index in [1.54, 1.807) is 61.8 Å². The number of rotatable bonds is 22. The zero-order chi connectivity index (χ0) is 59.1. The Morgan fingerprint density at radius 1 is 0.744 bits per heavy atom. The molecular formula is C56H75Cl2N11O13. The average Bonchev–Trinajstić information content (AvgIpc) is 3.60. The van der Waals surface area contributed by atoms with Crippen molar-refractivity contribution in [3.63, 3.8) is 0 Å². The van der Waals surface area contributed by atoms with E-state index in [0.29, 0.717) is 133 Å². The predicted molar refractivity (Wildman–Crippen MR) is 307 cm³/mol. The zero-order valence-corrected chi connectivity index (χ0v) is 48.3. The maximum absolute atomic E-state index is 14.4. The first kappa shape index (κ1) is 63.0. The van der Waals surface area contributed by atoms with Gasteiger partial charge in [0, 0.05) is 117 Å². The van der Waals surface area contributed by atoms with Gasteiger partial charge in [0.25, 0.3) is 5.91 Å². The highest BCUT2D eigenvalue weighted by Crippen LogP contribution is 2.47. The predicted octanol–water partition coefficient (Wildman–Crippen LogP) is 3.32. The summed E-state index contributed by atoms with van der Waals surface area (Å²) in [4.78, 5) is 85.8. The Hall–Kier alpha value is -6.61. The molecule has 2 atom stereocenters. The number of halogens is 2. The maximum Gasteiger partial charge on any atom is 0.319 e. The number of aromatic nitrogens is 2. The van der Waals surface area contributed by atoms with Gasteiger partial charge in [0.2, 0.25) is 11.8 Å². The second kappa shape index (κ2) is 29.6. The summed E-state index contributed by atoms with van der Waals surface area (Å²) in [6.07, 6.45) is -2.49. The van der Waals surface area contributed by atoms with E-state index in [1.165, 1.54) is 7.11 Å². The smallest absolute Gasteiger partial charge is 0.319 e. The van der Waals surface area contributed by atoms with E-state index in [2.05, 4.69) is 26.2 Å². The number of ether oxygens (including phenoxy) is 3. The number of aliphatic hydroxyl groups excluding tert-OH is 2. The number of nitrogens with zero attached hydrogens (tertiary/aromatic N) is 7. The van der Waals surface area contributed by atoms with E-state index in [1.807, 2.05) is 37.8 Å². The van der Waals surface area contributed by atoms with E-state index in [0.717, 1.165) is 6.54 Å².